The second kappa shape index (κ2) is 7.22. The fourth-order valence-electron chi connectivity index (χ4n) is 3.78. The second-order valence-corrected chi connectivity index (χ2v) is 7.60. The van der Waals surface area contributed by atoms with Gasteiger partial charge in [-0.1, -0.05) is 15.9 Å². The first kappa shape index (κ1) is 16.8. The molecule has 0 unspecified atom stereocenters. The lowest BCUT2D eigenvalue weighted by Crippen LogP contribution is -2.41. The molecular weight excluding hydrogens is 356 g/mol. The average molecular weight is 381 g/mol. The Morgan fingerprint density at radius 3 is 2.70 bits per heavy atom. The topological polar surface area (TPSA) is 32.8 Å². The van der Waals surface area contributed by atoms with Crippen molar-refractivity contribution in [3.8, 4) is 5.75 Å². The van der Waals surface area contributed by atoms with Crippen LogP contribution < -0.4 is 4.74 Å². The molecule has 1 amide bonds. The Hall–Kier alpha value is -1.07. The van der Waals surface area contributed by atoms with Crippen molar-refractivity contribution in [1.29, 1.82) is 0 Å². The summed E-state index contributed by atoms with van der Waals surface area (Å²) >= 11 is 3.57. The van der Waals surface area contributed by atoms with Gasteiger partial charge in [-0.2, -0.15) is 0 Å². The molecule has 1 aromatic carbocycles. The minimum absolute atomic E-state index is 0.214. The van der Waals surface area contributed by atoms with Crippen molar-refractivity contribution in [2.45, 2.75) is 32.7 Å². The number of hydrogen-bond donors (Lipinski definition) is 0. The first-order valence-electron chi connectivity index (χ1n) is 8.40. The summed E-state index contributed by atoms with van der Waals surface area (Å²) in [7, 11) is 1.75. The maximum atomic E-state index is 11.4. The predicted octanol–water partition coefficient (Wildman–Crippen LogP) is 3.07. The van der Waals surface area contributed by atoms with Gasteiger partial charge in [0.1, 0.15) is 5.75 Å². The standard InChI is InChI=1S/C18H25BrN2O2/c1-13(22)21-7-3-14(4-8-21)11-20-6-5-15-9-16(19)10-18(23-2)17(15)12-20/h9-10,14H,3-8,11-12H2,1-2H3. The number of carbonyl (C=O) groups excluding carboxylic acids is 1. The van der Waals surface area contributed by atoms with Crippen molar-refractivity contribution in [2.75, 3.05) is 33.3 Å². The maximum Gasteiger partial charge on any atom is 0.219 e. The van der Waals surface area contributed by atoms with Gasteiger partial charge in [-0.05, 0) is 42.9 Å². The summed E-state index contributed by atoms with van der Waals surface area (Å²) < 4.78 is 6.67. The van der Waals surface area contributed by atoms with Crippen molar-refractivity contribution < 1.29 is 9.53 Å². The lowest BCUT2D eigenvalue weighted by molar-refractivity contribution is -0.130. The summed E-state index contributed by atoms with van der Waals surface area (Å²) in [4.78, 5) is 16.0. The number of methoxy groups -OCH3 is 1. The minimum Gasteiger partial charge on any atom is -0.496 e. The molecule has 2 aliphatic rings. The zero-order valence-electron chi connectivity index (χ0n) is 14.0. The highest BCUT2D eigenvalue weighted by molar-refractivity contribution is 9.10. The Labute approximate surface area is 146 Å². The van der Waals surface area contributed by atoms with Gasteiger partial charge in [-0.3, -0.25) is 9.69 Å². The van der Waals surface area contributed by atoms with Crippen LogP contribution >= 0.6 is 15.9 Å². The van der Waals surface area contributed by atoms with Crippen LogP contribution in [0.4, 0.5) is 0 Å². The highest BCUT2D eigenvalue weighted by atomic mass is 79.9. The fourth-order valence-corrected chi connectivity index (χ4v) is 4.27. The molecule has 1 fully saturated rings. The molecule has 2 heterocycles. The predicted molar refractivity (Wildman–Crippen MR) is 94.7 cm³/mol. The molecule has 0 spiro atoms. The summed E-state index contributed by atoms with van der Waals surface area (Å²) in [5, 5.41) is 0. The quantitative estimate of drug-likeness (QED) is 0.807. The monoisotopic (exact) mass is 380 g/mol. The van der Waals surface area contributed by atoms with Crippen molar-refractivity contribution in [3.05, 3.63) is 27.7 Å². The molecule has 0 saturated carbocycles. The maximum absolute atomic E-state index is 11.4. The lowest BCUT2D eigenvalue weighted by atomic mass is 9.93. The van der Waals surface area contributed by atoms with Crippen LogP contribution in [0.5, 0.6) is 5.75 Å². The van der Waals surface area contributed by atoms with Crippen LogP contribution in [0.25, 0.3) is 0 Å². The normalized spacial score (nSPS) is 19.5. The zero-order chi connectivity index (χ0) is 16.4. The van der Waals surface area contributed by atoms with Gasteiger partial charge in [0.15, 0.2) is 0 Å². The van der Waals surface area contributed by atoms with E-state index in [1.54, 1.807) is 14.0 Å². The summed E-state index contributed by atoms with van der Waals surface area (Å²) in [5.74, 6) is 1.91. The third kappa shape index (κ3) is 3.89. The second-order valence-electron chi connectivity index (χ2n) is 6.68. The summed E-state index contributed by atoms with van der Waals surface area (Å²) in [6, 6.07) is 4.29. The molecule has 1 saturated heterocycles. The number of halogens is 1. The fraction of sp³-hybridized carbons (Fsp3) is 0.611. The van der Waals surface area contributed by atoms with Crippen LogP contribution in [-0.4, -0.2) is 49.0 Å². The minimum atomic E-state index is 0.214. The molecule has 5 heteroatoms. The van der Waals surface area contributed by atoms with E-state index in [1.807, 2.05) is 4.90 Å². The summed E-state index contributed by atoms with van der Waals surface area (Å²) in [5.41, 5.74) is 2.74. The third-order valence-electron chi connectivity index (χ3n) is 5.14. The molecule has 0 aromatic heterocycles. The highest BCUT2D eigenvalue weighted by Crippen LogP contribution is 2.32. The lowest BCUT2D eigenvalue weighted by Gasteiger charge is -2.36. The SMILES string of the molecule is COc1cc(Br)cc2c1CN(CC1CCN(C(C)=O)CC1)CC2. The van der Waals surface area contributed by atoms with Gasteiger partial charge in [0, 0.05) is 49.7 Å². The van der Waals surface area contributed by atoms with Crippen LogP contribution in [-0.2, 0) is 17.8 Å². The number of piperidine rings is 1. The Balaban J connectivity index is 1.61. The van der Waals surface area contributed by atoms with Crippen LogP contribution in [0, 0.1) is 5.92 Å². The Morgan fingerprint density at radius 2 is 2.04 bits per heavy atom. The van der Waals surface area contributed by atoms with Crippen LogP contribution in [0.15, 0.2) is 16.6 Å². The number of hydrogen-bond acceptors (Lipinski definition) is 3. The molecule has 4 nitrogen and oxygen atoms in total. The van der Waals surface area contributed by atoms with E-state index >= 15 is 0 Å². The molecule has 126 valence electrons. The van der Waals surface area contributed by atoms with Crippen LogP contribution in [0.3, 0.4) is 0 Å². The van der Waals surface area contributed by atoms with Crippen molar-refractivity contribution in [3.63, 3.8) is 0 Å². The van der Waals surface area contributed by atoms with Gasteiger partial charge in [0.05, 0.1) is 7.11 Å². The Kier molecular flexibility index (Phi) is 5.27. The first-order chi connectivity index (χ1) is 11.1. The molecule has 2 aliphatic heterocycles. The third-order valence-corrected chi connectivity index (χ3v) is 5.60. The van der Waals surface area contributed by atoms with Crippen molar-refractivity contribution in [2.24, 2.45) is 5.92 Å². The average Bonchev–Trinajstić information content (AvgIpc) is 2.55. The molecule has 0 bridgehead atoms. The number of fused-ring (bicyclic) bond motifs is 1. The zero-order valence-corrected chi connectivity index (χ0v) is 15.6. The number of rotatable bonds is 3. The number of ether oxygens (including phenoxy) is 1. The number of likely N-dealkylation sites (tertiary alicyclic amines) is 1. The van der Waals surface area contributed by atoms with Crippen LogP contribution in [0.1, 0.15) is 30.9 Å². The van der Waals surface area contributed by atoms with Gasteiger partial charge >= 0.3 is 0 Å². The molecular formula is C18H25BrN2O2. The molecule has 0 N–H and O–H groups in total. The van der Waals surface area contributed by atoms with Crippen molar-refractivity contribution >= 4 is 21.8 Å². The molecule has 3 rings (SSSR count). The van der Waals surface area contributed by atoms with Gasteiger partial charge in [-0.15, -0.1) is 0 Å². The van der Waals surface area contributed by atoms with Crippen molar-refractivity contribution in [1.82, 2.24) is 9.80 Å². The van der Waals surface area contributed by atoms with Gasteiger partial charge in [0.25, 0.3) is 0 Å². The van der Waals surface area contributed by atoms with E-state index in [0.29, 0.717) is 5.92 Å². The largest absolute Gasteiger partial charge is 0.496 e. The molecule has 0 atom stereocenters. The number of carbonyl (C=O) groups is 1. The number of nitrogens with zero attached hydrogens (tertiary/aromatic N) is 2. The smallest absolute Gasteiger partial charge is 0.219 e. The molecule has 0 aliphatic carbocycles. The van der Waals surface area contributed by atoms with Gasteiger partial charge < -0.3 is 9.64 Å². The summed E-state index contributed by atoms with van der Waals surface area (Å²) in [6.07, 6.45) is 3.33. The molecule has 23 heavy (non-hydrogen) atoms. The number of benzene rings is 1. The van der Waals surface area contributed by atoms with E-state index in [2.05, 4.69) is 33.0 Å². The van der Waals surface area contributed by atoms with E-state index in [4.69, 9.17) is 4.74 Å². The van der Waals surface area contributed by atoms with E-state index < -0.39 is 0 Å². The summed E-state index contributed by atoms with van der Waals surface area (Å²) in [6.45, 7) is 6.72. The van der Waals surface area contributed by atoms with Gasteiger partial charge in [-0.25, -0.2) is 0 Å². The van der Waals surface area contributed by atoms with E-state index in [0.717, 1.165) is 62.2 Å². The first-order valence-corrected chi connectivity index (χ1v) is 9.19. The van der Waals surface area contributed by atoms with E-state index in [-0.39, 0.29) is 5.91 Å². The number of amides is 1. The Morgan fingerprint density at radius 1 is 1.30 bits per heavy atom. The molecule has 0 radical (unpaired) electrons. The molecule has 1 aromatic rings. The van der Waals surface area contributed by atoms with E-state index in [9.17, 15) is 4.79 Å². The van der Waals surface area contributed by atoms with Gasteiger partial charge in [0.2, 0.25) is 5.91 Å². The Bertz CT molecular complexity index is 565. The van der Waals surface area contributed by atoms with E-state index in [1.165, 1.54) is 11.1 Å². The van der Waals surface area contributed by atoms with Crippen LogP contribution in [0.2, 0.25) is 0 Å². The highest BCUT2D eigenvalue weighted by Gasteiger charge is 2.26.